The smallest absolute Gasteiger partial charge is 0.224 e. The van der Waals surface area contributed by atoms with Crippen LogP contribution in [0, 0.1) is 11.8 Å². The third-order valence-electron chi connectivity index (χ3n) is 7.85. The molecule has 1 aromatic heterocycles. The maximum absolute atomic E-state index is 12.5. The highest BCUT2D eigenvalue weighted by molar-refractivity contribution is 5.90. The van der Waals surface area contributed by atoms with Gasteiger partial charge in [-0.1, -0.05) is 24.3 Å². The first-order chi connectivity index (χ1) is 15.8. The summed E-state index contributed by atoms with van der Waals surface area (Å²) in [6, 6.07) is 15.4. The number of piperidine rings is 3. The molecule has 5 heteroatoms. The van der Waals surface area contributed by atoms with Gasteiger partial charge >= 0.3 is 0 Å². The number of rotatable bonds is 7. The minimum Gasteiger partial charge on any atom is -0.326 e. The fourth-order valence-corrected chi connectivity index (χ4v) is 6.60. The molecule has 2 aromatic rings. The normalized spacial score (nSPS) is 28.1. The van der Waals surface area contributed by atoms with Crippen LogP contribution in [-0.2, 0) is 11.3 Å². The lowest BCUT2D eigenvalue weighted by Gasteiger charge is -2.57. The van der Waals surface area contributed by atoms with Gasteiger partial charge in [0, 0.05) is 49.7 Å². The lowest BCUT2D eigenvalue weighted by Crippen LogP contribution is -2.64. The Morgan fingerprint density at radius 2 is 1.91 bits per heavy atom. The number of likely N-dealkylation sites (tertiary alicyclic amines) is 1. The van der Waals surface area contributed by atoms with Gasteiger partial charge in [0.15, 0.2) is 0 Å². The number of carbonyl (C=O) groups excluding carboxylic acids is 1. The van der Waals surface area contributed by atoms with Crippen molar-refractivity contribution in [3.05, 3.63) is 60.4 Å². The van der Waals surface area contributed by atoms with Crippen molar-refractivity contribution >= 4 is 11.6 Å². The van der Waals surface area contributed by atoms with Gasteiger partial charge in [-0.15, -0.1) is 0 Å². The number of benzene rings is 1. The molecule has 3 aliphatic rings. The first-order valence-electron chi connectivity index (χ1n) is 12.5. The molecule has 0 saturated carbocycles. The number of pyridine rings is 1. The number of nitrogens with zero attached hydrogens (tertiary/aromatic N) is 3. The number of para-hydroxylation sites is 1. The number of amides is 1. The third-order valence-corrected chi connectivity index (χ3v) is 7.85. The molecule has 3 fully saturated rings. The van der Waals surface area contributed by atoms with Crippen LogP contribution >= 0.6 is 0 Å². The van der Waals surface area contributed by atoms with Gasteiger partial charge in [-0.05, 0) is 87.2 Å². The van der Waals surface area contributed by atoms with Gasteiger partial charge in [-0.2, -0.15) is 0 Å². The number of aromatic nitrogens is 1. The lowest BCUT2D eigenvalue weighted by atomic mass is 9.69. The average molecular weight is 433 g/mol. The van der Waals surface area contributed by atoms with Crippen LogP contribution in [0.3, 0.4) is 0 Å². The number of hydrogen-bond acceptors (Lipinski definition) is 4. The lowest BCUT2D eigenvalue weighted by molar-refractivity contribution is -0.116. The number of anilines is 1. The quantitative estimate of drug-likeness (QED) is 0.697. The molecule has 4 atom stereocenters. The average Bonchev–Trinajstić information content (AvgIpc) is 2.82. The Bertz CT molecular complexity index is 872. The van der Waals surface area contributed by atoms with E-state index in [9.17, 15) is 4.79 Å². The van der Waals surface area contributed by atoms with E-state index in [1.807, 2.05) is 48.8 Å². The van der Waals surface area contributed by atoms with Gasteiger partial charge in [0.2, 0.25) is 5.91 Å². The van der Waals surface area contributed by atoms with E-state index >= 15 is 0 Å². The van der Waals surface area contributed by atoms with Gasteiger partial charge in [-0.25, -0.2) is 0 Å². The minimum atomic E-state index is 0.131. The monoisotopic (exact) mass is 432 g/mol. The molecule has 170 valence electrons. The summed E-state index contributed by atoms with van der Waals surface area (Å²) in [6.07, 6.45) is 11.9. The van der Waals surface area contributed by atoms with Crippen LogP contribution in [0.1, 0.15) is 50.5 Å². The van der Waals surface area contributed by atoms with Gasteiger partial charge in [0.1, 0.15) is 0 Å². The zero-order valence-corrected chi connectivity index (χ0v) is 19.0. The summed E-state index contributed by atoms with van der Waals surface area (Å²) in [6.45, 7) is 4.74. The predicted octanol–water partition coefficient (Wildman–Crippen LogP) is 4.57. The molecule has 1 aromatic carbocycles. The van der Waals surface area contributed by atoms with Crippen molar-refractivity contribution in [2.45, 2.75) is 63.6 Å². The molecule has 0 bridgehead atoms. The number of carbonyl (C=O) groups is 1. The molecule has 5 rings (SSSR count). The number of nitrogens with one attached hydrogen (secondary N) is 1. The van der Waals surface area contributed by atoms with Gasteiger partial charge in [-0.3, -0.25) is 19.6 Å². The summed E-state index contributed by atoms with van der Waals surface area (Å²) < 4.78 is 0. The summed E-state index contributed by atoms with van der Waals surface area (Å²) in [5.74, 6) is 1.66. The van der Waals surface area contributed by atoms with Crippen LogP contribution in [-0.4, -0.2) is 52.4 Å². The standard InChI is InChI=1S/C27H36N4O/c32-26(29-23-10-2-1-3-11-23)14-4-13-25-24-12-7-17-30-16-6-9-22(27(24)30)20-31(25)19-21-8-5-15-28-18-21/h1-3,5,8,10-11,15,18,22,24-25,27H,4,6-7,9,12-14,16-17,19-20H2,(H,29,32)/t22-,24+,25+,27-/m0/s1. The van der Waals surface area contributed by atoms with E-state index < -0.39 is 0 Å². The van der Waals surface area contributed by atoms with Crippen LogP contribution in [0.25, 0.3) is 0 Å². The Kier molecular flexibility index (Phi) is 6.84. The molecule has 0 spiro atoms. The molecular formula is C27H36N4O. The molecular weight excluding hydrogens is 396 g/mol. The summed E-state index contributed by atoms with van der Waals surface area (Å²) in [5.41, 5.74) is 2.20. The van der Waals surface area contributed by atoms with Crippen LogP contribution < -0.4 is 5.32 Å². The molecule has 4 heterocycles. The number of hydrogen-bond donors (Lipinski definition) is 1. The van der Waals surface area contributed by atoms with Crippen molar-refractivity contribution in [2.24, 2.45) is 11.8 Å². The van der Waals surface area contributed by atoms with Crippen molar-refractivity contribution in [1.82, 2.24) is 14.8 Å². The molecule has 32 heavy (non-hydrogen) atoms. The van der Waals surface area contributed by atoms with E-state index in [2.05, 4.69) is 26.2 Å². The maximum Gasteiger partial charge on any atom is 0.224 e. The second-order valence-corrected chi connectivity index (χ2v) is 9.90. The van der Waals surface area contributed by atoms with E-state index in [1.165, 1.54) is 50.9 Å². The van der Waals surface area contributed by atoms with E-state index in [0.717, 1.165) is 43.0 Å². The Morgan fingerprint density at radius 3 is 2.72 bits per heavy atom. The first kappa shape index (κ1) is 21.6. The van der Waals surface area contributed by atoms with E-state index in [0.29, 0.717) is 12.5 Å². The van der Waals surface area contributed by atoms with E-state index in [-0.39, 0.29) is 5.91 Å². The van der Waals surface area contributed by atoms with Crippen molar-refractivity contribution in [3.63, 3.8) is 0 Å². The molecule has 5 nitrogen and oxygen atoms in total. The highest BCUT2D eigenvalue weighted by Gasteiger charge is 2.48. The highest BCUT2D eigenvalue weighted by atomic mass is 16.1. The zero-order valence-electron chi connectivity index (χ0n) is 19.0. The Morgan fingerprint density at radius 1 is 1.06 bits per heavy atom. The topological polar surface area (TPSA) is 48.5 Å². The van der Waals surface area contributed by atoms with Crippen LogP contribution in [0.5, 0.6) is 0 Å². The first-order valence-corrected chi connectivity index (χ1v) is 12.5. The maximum atomic E-state index is 12.5. The minimum absolute atomic E-state index is 0.131. The van der Waals surface area contributed by atoms with Crippen molar-refractivity contribution in [3.8, 4) is 0 Å². The van der Waals surface area contributed by atoms with Gasteiger partial charge in [0.25, 0.3) is 0 Å². The van der Waals surface area contributed by atoms with Gasteiger partial charge < -0.3 is 5.32 Å². The summed E-state index contributed by atoms with van der Waals surface area (Å²) in [4.78, 5) is 22.4. The molecule has 1 amide bonds. The second kappa shape index (κ2) is 10.1. The van der Waals surface area contributed by atoms with E-state index in [4.69, 9.17) is 0 Å². The van der Waals surface area contributed by atoms with Crippen molar-refractivity contribution in [2.75, 3.05) is 25.0 Å². The van der Waals surface area contributed by atoms with E-state index in [1.54, 1.807) is 0 Å². The predicted molar refractivity (Wildman–Crippen MR) is 128 cm³/mol. The summed E-state index contributed by atoms with van der Waals surface area (Å²) in [7, 11) is 0. The molecule has 3 saturated heterocycles. The summed E-state index contributed by atoms with van der Waals surface area (Å²) >= 11 is 0. The van der Waals surface area contributed by atoms with Gasteiger partial charge in [0.05, 0.1) is 0 Å². The van der Waals surface area contributed by atoms with Crippen molar-refractivity contribution in [1.29, 1.82) is 0 Å². The molecule has 3 aliphatic heterocycles. The molecule has 0 unspecified atom stereocenters. The second-order valence-electron chi connectivity index (χ2n) is 9.90. The fraction of sp³-hybridized carbons (Fsp3) is 0.556. The Labute approximate surface area is 192 Å². The van der Waals surface area contributed by atoms with Crippen molar-refractivity contribution < 1.29 is 4.79 Å². The Balaban J connectivity index is 1.26. The van der Waals surface area contributed by atoms with Crippen LogP contribution in [0.2, 0.25) is 0 Å². The summed E-state index contributed by atoms with van der Waals surface area (Å²) in [5, 5.41) is 3.05. The largest absolute Gasteiger partial charge is 0.326 e. The van der Waals surface area contributed by atoms with Crippen LogP contribution in [0.15, 0.2) is 54.9 Å². The van der Waals surface area contributed by atoms with Crippen LogP contribution in [0.4, 0.5) is 5.69 Å². The fourth-order valence-electron chi connectivity index (χ4n) is 6.60. The highest BCUT2D eigenvalue weighted by Crippen LogP contribution is 2.43. The third kappa shape index (κ3) is 4.89. The SMILES string of the molecule is O=C(CCC[C@@H]1[C@H]2CCCN3CCC[C@@H](CN1Cc1cccnc1)[C@@H]23)Nc1ccccc1. The Hall–Kier alpha value is -2.24. The zero-order chi connectivity index (χ0) is 21.8. The molecule has 0 aliphatic carbocycles. The molecule has 0 radical (unpaired) electrons. The molecule has 1 N–H and O–H groups in total.